The van der Waals surface area contributed by atoms with Gasteiger partial charge in [0.15, 0.2) is 23.0 Å². The summed E-state index contributed by atoms with van der Waals surface area (Å²) in [6.07, 6.45) is 0. The minimum atomic E-state index is 0.477. The van der Waals surface area contributed by atoms with Gasteiger partial charge in [0, 0.05) is 11.1 Å². The molecule has 0 fully saturated rings. The van der Waals surface area contributed by atoms with Crippen molar-refractivity contribution in [2.75, 3.05) is 42.7 Å². The number of hydrogen-bond acceptors (Lipinski definition) is 6. The highest BCUT2D eigenvalue weighted by Crippen LogP contribution is 2.57. The fourth-order valence-corrected chi connectivity index (χ4v) is 4.34. The zero-order valence-electron chi connectivity index (χ0n) is 17.2. The molecule has 0 N–H and O–H groups in total. The maximum absolute atomic E-state index is 5.76. The van der Waals surface area contributed by atoms with Crippen LogP contribution in [0.25, 0.3) is 11.1 Å². The highest BCUT2D eigenvalue weighted by Gasteiger charge is 2.31. The first-order valence-electron chi connectivity index (χ1n) is 8.30. The third-order valence-corrected chi connectivity index (χ3v) is 6.47. The van der Waals surface area contributed by atoms with Gasteiger partial charge in [0.1, 0.15) is 0 Å². The second kappa shape index (κ2) is 9.13. The predicted molar refractivity (Wildman–Crippen MR) is 116 cm³/mol. The third kappa shape index (κ3) is 3.37. The average Bonchev–Trinajstić information content (AvgIpc) is 2.71. The molecule has 0 saturated carbocycles. The van der Waals surface area contributed by atoms with Gasteiger partial charge in [-0.2, -0.15) is 0 Å². The summed E-state index contributed by atoms with van der Waals surface area (Å²) in [4.78, 5) is 0. The van der Waals surface area contributed by atoms with Crippen molar-refractivity contribution in [3.8, 4) is 45.6 Å². The van der Waals surface area contributed by atoms with Crippen LogP contribution in [0, 0.1) is 13.8 Å². The van der Waals surface area contributed by atoms with Gasteiger partial charge in [-0.3, -0.25) is 0 Å². The van der Waals surface area contributed by atoms with Crippen LogP contribution < -0.4 is 28.4 Å². The molecule has 154 valence electrons. The molecule has 0 heterocycles. The Balaban J connectivity index is 3.12. The third-order valence-electron chi connectivity index (χ3n) is 4.56. The van der Waals surface area contributed by atoms with Gasteiger partial charge < -0.3 is 28.4 Å². The lowest BCUT2D eigenvalue weighted by atomic mass is 9.93. The lowest BCUT2D eigenvalue weighted by molar-refractivity contribution is 0.320. The molecule has 2 aromatic carbocycles. The molecule has 0 atom stereocenters. The van der Waals surface area contributed by atoms with Crippen molar-refractivity contribution in [1.29, 1.82) is 0 Å². The molecule has 0 aliphatic carbocycles. The van der Waals surface area contributed by atoms with Crippen LogP contribution >= 0.6 is 31.9 Å². The summed E-state index contributed by atoms with van der Waals surface area (Å²) in [6.45, 7) is 3.93. The minimum absolute atomic E-state index is 0.477. The largest absolute Gasteiger partial charge is 0.492 e. The summed E-state index contributed by atoms with van der Waals surface area (Å²) in [7, 11) is 9.48. The SMILES string of the molecule is COc1c(Br)c(C)c(-c2c(C)c(Br)c(OC)c(OC)c2OC)c(OC)c1OC. The predicted octanol–water partition coefficient (Wildman–Crippen LogP) is 5.55. The van der Waals surface area contributed by atoms with Gasteiger partial charge in [-0.15, -0.1) is 0 Å². The van der Waals surface area contributed by atoms with Crippen LogP contribution in [-0.2, 0) is 0 Å². The van der Waals surface area contributed by atoms with Crippen molar-refractivity contribution in [2.45, 2.75) is 13.8 Å². The smallest absolute Gasteiger partial charge is 0.205 e. The Kier molecular flexibility index (Phi) is 7.33. The van der Waals surface area contributed by atoms with Crippen LogP contribution in [0.1, 0.15) is 11.1 Å². The van der Waals surface area contributed by atoms with E-state index in [2.05, 4.69) is 31.9 Å². The van der Waals surface area contributed by atoms with Gasteiger partial charge >= 0.3 is 0 Å². The van der Waals surface area contributed by atoms with Crippen LogP contribution in [-0.4, -0.2) is 42.7 Å². The van der Waals surface area contributed by atoms with Crippen LogP contribution in [0.2, 0.25) is 0 Å². The topological polar surface area (TPSA) is 55.4 Å². The number of methoxy groups -OCH3 is 6. The van der Waals surface area contributed by atoms with Crippen molar-refractivity contribution in [3.63, 3.8) is 0 Å². The monoisotopic (exact) mass is 518 g/mol. The zero-order chi connectivity index (χ0) is 21.2. The quantitative estimate of drug-likeness (QED) is 0.478. The Bertz CT molecular complexity index is 822. The zero-order valence-corrected chi connectivity index (χ0v) is 20.4. The summed E-state index contributed by atoms with van der Waals surface area (Å²) in [5, 5.41) is 0. The van der Waals surface area contributed by atoms with Crippen molar-refractivity contribution >= 4 is 31.9 Å². The van der Waals surface area contributed by atoms with Gasteiger partial charge in [-0.1, -0.05) is 0 Å². The van der Waals surface area contributed by atoms with Crippen LogP contribution in [0.5, 0.6) is 34.5 Å². The van der Waals surface area contributed by atoms with Crippen molar-refractivity contribution < 1.29 is 28.4 Å². The minimum Gasteiger partial charge on any atom is -0.492 e. The van der Waals surface area contributed by atoms with E-state index >= 15 is 0 Å². The molecule has 2 aromatic rings. The Morgan fingerprint density at radius 3 is 0.893 bits per heavy atom. The molecular formula is C20H24Br2O6. The molecule has 0 aromatic heterocycles. The molecule has 6 nitrogen and oxygen atoms in total. The number of halogens is 2. The molecule has 0 amide bonds. The molecule has 28 heavy (non-hydrogen) atoms. The first kappa shape index (κ1) is 22.5. The van der Waals surface area contributed by atoms with Crippen LogP contribution in [0.3, 0.4) is 0 Å². The second-order valence-electron chi connectivity index (χ2n) is 5.83. The van der Waals surface area contributed by atoms with Crippen molar-refractivity contribution in [1.82, 2.24) is 0 Å². The Morgan fingerprint density at radius 1 is 0.429 bits per heavy atom. The van der Waals surface area contributed by atoms with E-state index in [1.807, 2.05) is 13.8 Å². The summed E-state index contributed by atoms with van der Waals surface area (Å²) in [5.41, 5.74) is 3.39. The van der Waals surface area contributed by atoms with Gasteiger partial charge in [-0.05, 0) is 56.8 Å². The summed E-state index contributed by atoms with van der Waals surface area (Å²) in [5.74, 6) is 3.12. The molecular weight excluding hydrogens is 496 g/mol. The Labute approximate surface area is 182 Å². The summed E-state index contributed by atoms with van der Waals surface area (Å²) >= 11 is 7.26. The van der Waals surface area contributed by atoms with E-state index < -0.39 is 0 Å². The van der Waals surface area contributed by atoms with Crippen LogP contribution in [0.4, 0.5) is 0 Å². The van der Waals surface area contributed by atoms with Crippen LogP contribution in [0.15, 0.2) is 8.95 Å². The lowest BCUT2D eigenvalue weighted by Gasteiger charge is -2.25. The maximum Gasteiger partial charge on any atom is 0.205 e. The normalized spacial score (nSPS) is 10.5. The fourth-order valence-electron chi connectivity index (χ4n) is 3.26. The number of hydrogen-bond donors (Lipinski definition) is 0. The van der Waals surface area contributed by atoms with E-state index in [0.717, 1.165) is 31.2 Å². The molecule has 0 aliphatic heterocycles. The van der Waals surface area contributed by atoms with E-state index in [9.17, 15) is 0 Å². The average molecular weight is 520 g/mol. The highest BCUT2D eigenvalue weighted by molar-refractivity contribution is 9.11. The van der Waals surface area contributed by atoms with E-state index in [4.69, 9.17) is 28.4 Å². The molecule has 0 unspecified atom stereocenters. The van der Waals surface area contributed by atoms with E-state index in [0.29, 0.717) is 34.5 Å². The fraction of sp³-hybridized carbons (Fsp3) is 0.400. The molecule has 0 spiro atoms. The first-order valence-corrected chi connectivity index (χ1v) is 9.89. The molecule has 8 heteroatoms. The van der Waals surface area contributed by atoms with Crippen molar-refractivity contribution in [3.05, 3.63) is 20.1 Å². The van der Waals surface area contributed by atoms with Gasteiger partial charge in [0.05, 0.1) is 51.6 Å². The van der Waals surface area contributed by atoms with E-state index in [-0.39, 0.29) is 0 Å². The lowest BCUT2D eigenvalue weighted by Crippen LogP contribution is -2.05. The first-order chi connectivity index (χ1) is 13.3. The Morgan fingerprint density at radius 2 is 0.679 bits per heavy atom. The second-order valence-corrected chi connectivity index (χ2v) is 7.41. The number of benzene rings is 2. The molecule has 0 radical (unpaired) electrons. The molecule has 0 aliphatic rings. The maximum atomic E-state index is 5.76. The summed E-state index contributed by atoms with van der Waals surface area (Å²) in [6, 6.07) is 0. The van der Waals surface area contributed by atoms with Crippen molar-refractivity contribution in [2.24, 2.45) is 0 Å². The molecule has 0 saturated heterocycles. The summed E-state index contributed by atoms with van der Waals surface area (Å²) < 4.78 is 35.3. The van der Waals surface area contributed by atoms with E-state index in [1.54, 1.807) is 42.7 Å². The number of rotatable bonds is 7. The number of ether oxygens (including phenoxy) is 6. The highest BCUT2D eigenvalue weighted by atomic mass is 79.9. The van der Waals surface area contributed by atoms with Gasteiger partial charge in [0.2, 0.25) is 11.5 Å². The molecule has 0 bridgehead atoms. The van der Waals surface area contributed by atoms with E-state index in [1.165, 1.54) is 0 Å². The van der Waals surface area contributed by atoms with Gasteiger partial charge in [0.25, 0.3) is 0 Å². The standard InChI is InChI=1S/C20H24Br2O6/c1-9-11(15(23-3)19(27-7)17(25-5)13(9)21)12-10(2)14(22)18(26-6)20(28-8)16(12)24-4/h1-8H3. The Hall–Kier alpha value is -1.80. The molecule has 2 rings (SSSR count). The van der Waals surface area contributed by atoms with Gasteiger partial charge in [-0.25, -0.2) is 0 Å².